The molecule has 2 amide bonds. The third-order valence-corrected chi connectivity index (χ3v) is 6.23. The van der Waals surface area contributed by atoms with Crippen LogP contribution in [-0.4, -0.2) is 23.9 Å². The summed E-state index contributed by atoms with van der Waals surface area (Å²) >= 11 is 0. The van der Waals surface area contributed by atoms with E-state index in [1.165, 1.54) is 12.8 Å². The standard InChI is InChI=1S/C19H34N2O2/c1-4-19(2,3)14-10-12-16(13-11-14)21-18(23)17(22)20-15-8-6-5-7-9-15/h14-16H,4-13H2,1-3H3,(H,20,22)(H,21,23). The second kappa shape index (κ2) is 8.16. The van der Waals surface area contributed by atoms with Gasteiger partial charge >= 0.3 is 11.8 Å². The Morgan fingerprint density at radius 2 is 1.30 bits per heavy atom. The second-order valence-corrected chi connectivity index (χ2v) is 8.17. The van der Waals surface area contributed by atoms with Gasteiger partial charge in [-0.15, -0.1) is 0 Å². The van der Waals surface area contributed by atoms with Crippen molar-refractivity contribution in [3.05, 3.63) is 0 Å². The van der Waals surface area contributed by atoms with E-state index in [4.69, 9.17) is 0 Å². The van der Waals surface area contributed by atoms with E-state index in [2.05, 4.69) is 31.4 Å². The van der Waals surface area contributed by atoms with E-state index in [1.54, 1.807) is 0 Å². The molecule has 0 atom stereocenters. The van der Waals surface area contributed by atoms with Gasteiger partial charge in [0.25, 0.3) is 0 Å². The molecule has 132 valence electrons. The van der Waals surface area contributed by atoms with Crippen LogP contribution in [0.4, 0.5) is 0 Å². The van der Waals surface area contributed by atoms with Crippen molar-refractivity contribution in [1.29, 1.82) is 0 Å². The van der Waals surface area contributed by atoms with Crippen molar-refractivity contribution in [2.75, 3.05) is 0 Å². The molecule has 0 heterocycles. The molecule has 4 nitrogen and oxygen atoms in total. The number of hydrogen-bond acceptors (Lipinski definition) is 2. The summed E-state index contributed by atoms with van der Waals surface area (Å²) in [5.74, 6) is -0.140. The summed E-state index contributed by atoms with van der Waals surface area (Å²) in [6.45, 7) is 6.94. The van der Waals surface area contributed by atoms with E-state index in [1.807, 2.05) is 0 Å². The molecule has 0 aromatic rings. The number of amides is 2. The van der Waals surface area contributed by atoms with E-state index in [-0.39, 0.29) is 12.1 Å². The summed E-state index contributed by atoms with van der Waals surface area (Å²) in [6.07, 6.45) is 11.1. The van der Waals surface area contributed by atoms with E-state index >= 15 is 0 Å². The summed E-state index contributed by atoms with van der Waals surface area (Å²) in [5, 5.41) is 5.85. The Kier molecular flexibility index (Phi) is 6.49. The number of rotatable bonds is 4. The fraction of sp³-hybridized carbons (Fsp3) is 0.895. The van der Waals surface area contributed by atoms with Crippen LogP contribution < -0.4 is 10.6 Å². The Morgan fingerprint density at radius 1 is 0.826 bits per heavy atom. The average molecular weight is 322 g/mol. The highest BCUT2D eigenvalue weighted by Gasteiger charge is 2.33. The van der Waals surface area contributed by atoms with Crippen LogP contribution in [0, 0.1) is 11.3 Å². The van der Waals surface area contributed by atoms with Gasteiger partial charge in [-0.3, -0.25) is 9.59 Å². The monoisotopic (exact) mass is 322 g/mol. The molecular weight excluding hydrogens is 288 g/mol. The Balaban J connectivity index is 1.72. The van der Waals surface area contributed by atoms with Crippen molar-refractivity contribution < 1.29 is 9.59 Å². The SMILES string of the molecule is CCC(C)(C)C1CCC(NC(=O)C(=O)NC2CCCCC2)CC1. The second-order valence-electron chi connectivity index (χ2n) is 8.17. The average Bonchev–Trinajstić information content (AvgIpc) is 2.56. The molecule has 2 aliphatic rings. The van der Waals surface area contributed by atoms with E-state index < -0.39 is 11.8 Å². The molecule has 2 aliphatic carbocycles. The maximum absolute atomic E-state index is 12.1. The zero-order valence-corrected chi connectivity index (χ0v) is 15.1. The molecular formula is C19H34N2O2. The van der Waals surface area contributed by atoms with Gasteiger partial charge in [-0.25, -0.2) is 0 Å². The van der Waals surface area contributed by atoms with Gasteiger partial charge in [0, 0.05) is 12.1 Å². The minimum Gasteiger partial charge on any atom is -0.345 e. The number of carbonyl (C=O) groups is 2. The van der Waals surface area contributed by atoms with E-state index in [0.29, 0.717) is 5.41 Å². The molecule has 0 saturated heterocycles. The fourth-order valence-corrected chi connectivity index (χ4v) is 4.06. The maximum Gasteiger partial charge on any atom is 0.309 e. The first-order valence-corrected chi connectivity index (χ1v) is 9.53. The van der Waals surface area contributed by atoms with Gasteiger partial charge in [0.15, 0.2) is 0 Å². The quantitative estimate of drug-likeness (QED) is 0.778. The van der Waals surface area contributed by atoms with Crippen molar-refractivity contribution in [3.8, 4) is 0 Å². The van der Waals surface area contributed by atoms with Crippen LogP contribution in [0.25, 0.3) is 0 Å². The molecule has 0 bridgehead atoms. The van der Waals surface area contributed by atoms with Gasteiger partial charge in [-0.05, 0) is 49.9 Å². The van der Waals surface area contributed by atoms with Crippen LogP contribution in [0.1, 0.15) is 85.0 Å². The van der Waals surface area contributed by atoms with E-state index in [0.717, 1.165) is 57.3 Å². The van der Waals surface area contributed by atoms with Crippen molar-refractivity contribution in [2.24, 2.45) is 11.3 Å². The predicted octanol–water partition coefficient (Wildman–Crippen LogP) is 3.55. The lowest BCUT2D eigenvalue weighted by molar-refractivity contribution is -0.140. The molecule has 0 aliphatic heterocycles. The lowest BCUT2D eigenvalue weighted by Gasteiger charge is -2.39. The summed E-state index contributed by atoms with van der Waals surface area (Å²) < 4.78 is 0. The van der Waals surface area contributed by atoms with Crippen molar-refractivity contribution in [1.82, 2.24) is 10.6 Å². The van der Waals surface area contributed by atoms with Gasteiger partial charge in [0.05, 0.1) is 0 Å². The topological polar surface area (TPSA) is 58.2 Å². The first-order chi connectivity index (χ1) is 10.9. The van der Waals surface area contributed by atoms with E-state index in [9.17, 15) is 9.59 Å². The number of hydrogen-bond donors (Lipinski definition) is 2. The maximum atomic E-state index is 12.1. The molecule has 0 radical (unpaired) electrons. The molecule has 2 N–H and O–H groups in total. The molecule has 0 spiro atoms. The number of nitrogens with one attached hydrogen (secondary N) is 2. The molecule has 0 aromatic carbocycles. The van der Waals surface area contributed by atoms with Crippen LogP contribution in [0.5, 0.6) is 0 Å². The summed E-state index contributed by atoms with van der Waals surface area (Å²) in [7, 11) is 0. The van der Waals surface area contributed by atoms with Gasteiger partial charge in [-0.2, -0.15) is 0 Å². The molecule has 0 unspecified atom stereocenters. The van der Waals surface area contributed by atoms with Crippen molar-refractivity contribution in [3.63, 3.8) is 0 Å². The molecule has 0 aromatic heterocycles. The fourth-order valence-electron chi connectivity index (χ4n) is 4.06. The highest BCUT2D eigenvalue weighted by atomic mass is 16.2. The van der Waals surface area contributed by atoms with Gasteiger partial charge in [-0.1, -0.05) is 46.5 Å². The normalized spacial score (nSPS) is 26.6. The smallest absolute Gasteiger partial charge is 0.309 e. The van der Waals surface area contributed by atoms with Gasteiger partial charge in [0.1, 0.15) is 0 Å². The zero-order chi connectivity index (χ0) is 16.9. The van der Waals surface area contributed by atoms with Crippen LogP contribution in [0.3, 0.4) is 0 Å². The summed E-state index contributed by atoms with van der Waals surface area (Å²) in [6, 6.07) is 0.367. The van der Waals surface area contributed by atoms with Crippen molar-refractivity contribution in [2.45, 2.75) is 97.1 Å². The third-order valence-electron chi connectivity index (χ3n) is 6.23. The van der Waals surface area contributed by atoms with Crippen LogP contribution >= 0.6 is 0 Å². The Morgan fingerprint density at radius 3 is 1.78 bits per heavy atom. The third kappa shape index (κ3) is 5.22. The Hall–Kier alpha value is -1.06. The molecule has 2 fully saturated rings. The Bertz CT molecular complexity index is 406. The summed E-state index contributed by atoms with van der Waals surface area (Å²) in [4.78, 5) is 24.1. The lowest BCUT2D eigenvalue weighted by atomic mass is 9.69. The predicted molar refractivity (Wildman–Crippen MR) is 93.0 cm³/mol. The first-order valence-electron chi connectivity index (χ1n) is 9.53. The van der Waals surface area contributed by atoms with Crippen LogP contribution in [-0.2, 0) is 9.59 Å². The van der Waals surface area contributed by atoms with Crippen LogP contribution in [0.2, 0.25) is 0 Å². The molecule has 23 heavy (non-hydrogen) atoms. The zero-order valence-electron chi connectivity index (χ0n) is 15.1. The van der Waals surface area contributed by atoms with Crippen LogP contribution in [0.15, 0.2) is 0 Å². The minimum absolute atomic E-state index is 0.170. The summed E-state index contributed by atoms with van der Waals surface area (Å²) in [5.41, 5.74) is 0.382. The first kappa shape index (κ1) is 18.3. The number of carbonyl (C=O) groups excluding carboxylic acids is 2. The highest BCUT2D eigenvalue weighted by molar-refractivity contribution is 6.35. The largest absolute Gasteiger partial charge is 0.345 e. The molecule has 2 rings (SSSR count). The molecule has 2 saturated carbocycles. The lowest BCUT2D eigenvalue weighted by Crippen LogP contribution is -2.49. The van der Waals surface area contributed by atoms with Gasteiger partial charge in [0.2, 0.25) is 0 Å². The minimum atomic E-state index is -0.437. The molecule has 4 heteroatoms. The van der Waals surface area contributed by atoms with Crippen molar-refractivity contribution >= 4 is 11.8 Å². The van der Waals surface area contributed by atoms with Gasteiger partial charge < -0.3 is 10.6 Å². The highest BCUT2D eigenvalue weighted by Crippen LogP contribution is 2.40. The Labute approximate surface area is 141 Å².